The van der Waals surface area contributed by atoms with E-state index in [0.29, 0.717) is 18.9 Å². The molecule has 2 atom stereocenters. The second kappa shape index (κ2) is 7.30. The van der Waals surface area contributed by atoms with Gasteiger partial charge in [0.1, 0.15) is 0 Å². The van der Waals surface area contributed by atoms with Gasteiger partial charge < -0.3 is 11.1 Å². The lowest BCUT2D eigenvalue weighted by atomic mass is 9.91. The average molecular weight is 242 g/mol. The van der Waals surface area contributed by atoms with Crippen molar-refractivity contribution in [3.63, 3.8) is 0 Å². The van der Waals surface area contributed by atoms with Crippen LogP contribution in [0.4, 0.5) is 0 Å². The zero-order chi connectivity index (χ0) is 13.6. The number of hydrogen-bond donors (Lipinski definition) is 2. The van der Waals surface area contributed by atoms with E-state index >= 15 is 0 Å². The van der Waals surface area contributed by atoms with Gasteiger partial charge in [0, 0.05) is 18.4 Å². The summed E-state index contributed by atoms with van der Waals surface area (Å²) in [7, 11) is 0. The van der Waals surface area contributed by atoms with Gasteiger partial charge in [-0.05, 0) is 18.3 Å². The molecule has 0 heterocycles. The van der Waals surface area contributed by atoms with E-state index in [0.717, 1.165) is 0 Å². The molecule has 2 unspecified atom stereocenters. The molecule has 0 saturated heterocycles. The summed E-state index contributed by atoms with van der Waals surface area (Å²) in [6.07, 6.45) is 0.615. The Labute approximate surface area is 104 Å². The Morgan fingerprint density at radius 3 is 1.94 bits per heavy atom. The molecule has 0 aromatic heterocycles. The lowest BCUT2D eigenvalue weighted by Gasteiger charge is -2.19. The molecule has 0 spiro atoms. The fourth-order valence-electron chi connectivity index (χ4n) is 1.62. The van der Waals surface area contributed by atoms with Crippen LogP contribution in [0.15, 0.2) is 0 Å². The van der Waals surface area contributed by atoms with E-state index in [1.54, 1.807) is 0 Å². The van der Waals surface area contributed by atoms with Crippen molar-refractivity contribution in [3.8, 4) is 0 Å². The maximum absolute atomic E-state index is 11.7. The van der Waals surface area contributed by atoms with Gasteiger partial charge >= 0.3 is 0 Å². The molecule has 0 aliphatic carbocycles. The SMILES string of the molecule is CC(C)C(C)C(=O)NCCC(C(N)=O)C(C)C. The normalized spacial score (nSPS) is 14.8. The largest absolute Gasteiger partial charge is 0.369 e. The molecule has 0 aliphatic heterocycles. The Balaban J connectivity index is 4.05. The number of amides is 2. The third-order valence-electron chi connectivity index (χ3n) is 3.34. The smallest absolute Gasteiger partial charge is 0.223 e. The molecule has 0 fully saturated rings. The Morgan fingerprint density at radius 2 is 1.59 bits per heavy atom. The summed E-state index contributed by atoms with van der Waals surface area (Å²) in [6.45, 7) is 10.4. The summed E-state index contributed by atoms with van der Waals surface area (Å²) in [4.78, 5) is 22.8. The van der Waals surface area contributed by atoms with Crippen LogP contribution in [0.5, 0.6) is 0 Å². The number of carbonyl (C=O) groups is 2. The molecule has 0 radical (unpaired) electrons. The summed E-state index contributed by atoms with van der Waals surface area (Å²) in [5, 5.41) is 2.86. The van der Waals surface area contributed by atoms with E-state index in [1.807, 2.05) is 34.6 Å². The standard InChI is InChI=1S/C13H26N2O2/c1-8(2)10(5)13(17)15-7-6-11(9(3)4)12(14)16/h8-11H,6-7H2,1-5H3,(H2,14,16)(H,15,17). The zero-order valence-corrected chi connectivity index (χ0v) is 11.6. The highest BCUT2D eigenvalue weighted by molar-refractivity contribution is 5.79. The minimum atomic E-state index is -0.286. The van der Waals surface area contributed by atoms with Crippen molar-refractivity contribution >= 4 is 11.8 Å². The second-order valence-electron chi connectivity index (χ2n) is 5.37. The number of primary amides is 1. The molecular weight excluding hydrogens is 216 g/mol. The van der Waals surface area contributed by atoms with Gasteiger partial charge in [0.25, 0.3) is 0 Å². The number of carbonyl (C=O) groups excluding carboxylic acids is 2. The maximum Gasteiger partial charge on any atom is 0.223 e. The third-order valence-corrected chi connectivity index (χ3v) is 3.34. The molecule has 0 bridgehead atoms. The average Bonchev–Trinajstić information content (AvgIpc) is 2.21. The minimum absolute atomic E-state index is 0.000998. The summed E-state index contributed by atoms with van der Waals surface area (Å²) in [6, 6.07) is 0. The van der Waals surface area contributed by atoms with Crippen LogP contribution in [-0.2, 0) is 9.59 Å². The van der Waals surface area contributed by atoms with Crippen molar-refractivity contribution in [2.45, 2.75) is 41.0 Å². The Morgan fingerprint density at radius 1 is 1.06 bits per heavy atom. The van der Waals surface area contributed by atoms with E-state index < -0.39 is 0 Å². The summed E-state index contributed by atoms with van der Waals surface area (Å²) in [5.74, 6) is 0.142. The first kappa shape index (κ1) is 15.9. The predicted octanol–water partition coefficient (Wildman–Crippen LogP) is 1.54. The lowest BCUT2D eigenvalue weighted by molar-refractivity contribution is -0.127. The van der Waals surface area contributed by atoms with Gasteiger partial charge in [-0.15, -0.1) is 0 Å². The lowest BCUT2D eigenvalue weighted by Crippen LogP contribution is -2.36. The maximum atomic E-state index is 11.7. The fraction of sp³-hybridized carbons (Fsp3) is 0.846. The highest BCUT2D eigenvalue weighted by Gasteiger charge is 2.20. The van der Waals surface area contributed by atoms with Crippen molar-refractivity contribution in [1.29, 1.82) is 0 Å². The molecule has 0 aromatic rings. The summed E-state index contributed by atoms with van der Waals surface area (Å²) in [5.41, 5.74) is 5.31. The van der Waals surface area contributed by atoms with Crippen LogP contribution in [0.1, 0.15) is 41.0 Å². The second-order valence-corrected chi connectivity index (χ2v) is 5.37. The van der Waals surface area contributed by atoms with Crippen LogP contribution in [0.3, 0.4) is 0 Å². The van der Waals surface area contributed by atoms with Crippen molar-refractivity contribution in [2.75, 3.05) is 6.54 Å². The van der Waals surface area contributed by atoms with Crippen molar-refractivity contribution in [2.24, 2.45) is 29.4 Å². The van der Waals surface area contributed by atoms with Gasteiger partial charge in [0.15, 0.2) is 0 Å². The molecule has 0 aliphatic rings. The van der Waals surface area contributed by atoms with Crippen LogP contribution in [0, 0.1) is 23.7 Å². The monoisotopic (exact) mass is 242 g/mol. The Kier molecular flexibility index (Phi) is 6.85. The highest BCUT2D eigenvalue weighted by atomic mass is 16.2. The molecule has 2 amide bonds. The Hall–Kier alpha value is -1.06. The topological polar surface area (TPSA) is 72.2 Å². The molecule has 3 N–H and O–H groups in total. The van der Waals surface area contributed by atoms with Crippen molar-refractivity contribution < 1.29 is 9.59 Å². The van der Waals surface area contributed by atoms with Crippen LogP contribution < -0.4 is 11.1 Å². The van der Waals surface area contributed by atoms with Crippen LogP contribution in [0.25, 0.3) is 0 Å². The molecule has 0 saturated carbocycles. The summed E-state index contributed by atoms with van der Waals surface area (Å²) < 4.78 is 0. The molecular formula is C13H26N2O2. The molecule has 4 nitrogen and oxygen atoms in total. The molecule has 0 rings (SSSR count). The highest BCUT2D eigenvalue weighted by Crippen LogP contribution is 2.14. The minimum Gasteiger partial charge on any atom is -0.369 e. The predicted molar refractivity (Wildman–Crippen MR) is 69.2 cm³/mol. The van der Waals surface area contributed by atoms with Crippen LogP contribution >= 0.6 is 0 Å². The number of hydrogen-bond acceptors (Lipinski definition) is 2. The van der Waals surface area contributed by atoms with Crippen molar-refractivity contribution in [3.05, 3.63) is 0 Å². The van der Waals surface area contributed by atoms with E-state index in [1.165, 1.54) is 0 Å². The van der Waals surface area contributed by atoms with Gasteiger partial charge in [-0.25, -0.2) is 0 Å². The molecule has 100 valence electrons. The van der Waals surface area contributed by atoms with Crippen LogP contribution in [0.2, 0.25) is 0 Å². The fourth-order valence-corrected chi connectivity index (χ4v) is 1.62. The van der Waals surface area contributed by atoms with Gasteiger partial charge in [0.05, 0.1) is 0 Å². The van der Waals surface area contributed by atoms with Gasteiger partial charge in [0.2, 0.25) is 11.8 Å². The summed E-state index contributed by atoms with van der Waals surface area (Å²) >= 11 is 0. The molecule has 4 heteroatoms. The Bertz CT molecular complexity index is 262. The van der Waals surface area contributed by atoms with Gasteiger partial charge in [-0.1, -0.05) is 34.6 Å². The van der Waals surface area contributed by atoms with Crippen molar-refractivity contribution in [1.82, 2.24) is 5.32 Å². The van der Waals surface area contributed by atoms with Gasteiger partial charge in [-0.2, -0.15) is 0 Å². The zero-order valence-electron chi connectivity index (χ0n) is 11.6. The first-order chi connectivity index (χ1) is 7.77. The van der Waals surface area contributed by atoms with Crippen LogP contribution in [-0.4, -0.2) is 18.4 Å². The van der Waals surface area contributed by atoms with E-state index in [-0.39, 0.29) is 29.6 Å². The molecule has 0 aromatic carbocycles. The number of nitrogens with two attached hydrogens (primary N) is 1. The van der Waals surface area contributed by atoms with Gasteiger partial charge in [-0.3, -0.25) is 9.59 Å². The van der Waals surface area contributed by atoms with E-state index in [9.17, 15) is 9.59 Å². The first-order valence-electron chi connectivity index (χ1n) is 6.34. The third kappa shape index (κ3) is 5.71. The first-order valence-corrected chi connectivity index (χ1v) is 6.34. The number of nitrogens with one attached hydrogen (secondary N) is 1. The molecule has 17 heavy (non-hydrogen) atoms. The van der Waals surface area contributed by atoms with E-state index in [2.05, 4.69) is 5.32 Å². The quantitative estimate of drug-likeness (QED) is 0.711. The number of rotatable bonds is 7. The van der Waals surface area contributed by atoms with E-state index in [4.69, 9.17) is 5.73 Å².